The van der Waals surface area contributed by atoms with Crippen molar-refractivity contribution >= 4 is 51.2 Å². The molecule has 0 saturated heterocycles. The monoisotopic (exact) mass is 334 g/mol. The third-order valence-corrected chi connectivity index (χ3v) is 0. The minimum absolute atomic E-state index is 0. The maximum absolute atomic E-state index is 0. The van der Waals surface area contributed by atoms with Crippen molar-refractivity contribution in [3.8, 4) is 0 Å². The van der Waals surface area contributed by atoms with Crippen LogP contribution in [0.5, 0.6) is 0 Å². The van der Waals surface area contributed by atoms with Crippen LogP contribution < -0.4 is 0 Å². The van der Waals surface area contributed by atoms with Crippen molar-refractivity contribution in [3.63, 3.8) is 0 Å². The molecule has 0 N–H and O–H groups in total. The first kappa shape index (κ1) is 33.5. The number of hydrogen-bond acceptors (Lipinski definition) is 0. The molecule has 0 aromatic carbocycles. The van der Waals surface area contributed by atoms with E-state index in [-0.39, 0.29) is 73.6 Å². The summed E-state index contributed by atoms with van der Waals surface area (Å²) >= 11 is 0. The van der Waals surface area contributed by atoms with Gasteiger partial charge in [0.25, 0.3) is 0 Å². The second kappa shape index (κ2) is 18.5. The maximum atomic E-state index is 0. The van der Waals surface area contributed by atoms with Gasteiger partial charge >= 0.3 is 39.4 Å². The Morgan fingerprint density at radius 2 is 0.750 bits per heavy atom. The Hall–Kier alpha value is 2.30. The van der Waals surface area contributed by atoms with Gasteiger partial charge in [0.15, 0.2) is 0 Å². The van der Waals surface area contributed by atoms with Crippen LogP contribution in [0.4, 0.5) is 0 Å². The van der Waals surface area contributed by atoms with E-state index < -0.39 is 0 Å². The second-order valence-electron chi connectivity index (χ2n) is 0. The van der Waals surface area contributed by atoms with Crippen molar-refractivity contribution in [3.05, 3.63) is 0 Å². The molecule has 24 valence electrons. The summed E-state index contributed by atoms with van der Waals surface area (Å²) in [7, 11) is 0. The van der Waals surface area contributed by atoms with E-state index in [0.29, 0.717) is 0 Å². The minimum atomic E-state index is 0. The summed E-state index contributed by atoms with van der Waals surface area (Å²) in [6.07, 6.45) is 0. The van der Waals surface area contributed by atoms with Gasteiger partial charge in [-0.2, -0.15) is 0 Å². The third-order valence-electron chi connectivity index (χ3n) is 0. The molecule has 0 atom stereocenters. The van der Waals surface area contributed by atoms with Crippen LogP contribution >= 0.6 is 0 Å². The summed E-state index contributed by atoms with van der Waals surface area (Å²) in [5.74, 6) is 0. The van der Waals surface area contributed by atoms with E-state index in [1.165, 1.54) is 0 Å². The van der Waals surface area contributed by atoms with Gasteiger partial charge in [-0.1, -0.05) is 0 Å². The fourth-order valence-electron chi connectivity index (χ4n) is 0. The van der Waals surface area contributed by atoms with Crippen LogP contribution in [-0.2, 0) is 22.4 Å². The van der Waals surface area contributed by atoms with Crippen LogP contribution in [0, 0.1) is 0 Å². The summed E-state index contributed by atoms with van der Waals surface area (Å²) in [5, 5.41) is 0. The van der Waals surface area contributed by atoms with Crippen LogP contribution in [0.25, 0.3) is 0 Å². The molecule has 0 radical (unpaired) electrons. The molecule has 0 unspecified atom stereocenters. The number of hydrogen-bond donors (Lipinski definition) is 0. The molecular weight excluding hydrogens is 330 g/mol. The van der Waals surface area contributed by atoms with Crippen molar-refractivity contribution in [2.24, 2.45) is 0 Å². The fraction of sp³-hybridized carbons (Fsp3) is 0. The van der Waals surface area contributed by atoms with E-state index in [0.717, 1.165) is 0 Å². The molecule has 0 amide bonds. The Morgan fingerprint density at radius 1 is 0.750 bits per heavy atom. The van der Waals surface area contributed by atoms with Crippen LogP contribution in [-0.4, -0.2) is 51.2 Å². The van der Waals surface area contributed by atoms with Gasteiger partial charge in [-0.25, -0.2) is 0 Å². The molecular formula is HNbSe3. The summed E-state index contributed by atoms with van der Waals surface area (Å²) < 4.78 is 0. The molecule has 0 aliphatic carbocycles. The fourth-order valence-corrected chi connectivity index (χ4v) is 0. The average molecular weight is 331 g/mol. The standard InChI is InChI=1S/Nb.H2Se.2Se/h;1H2;;/q+5;;2*-2/p-1. The van der Waals surface area contributed by atoms with E-state index in [1.54, 1.807) is 0 Å². The Morgan fingerprint density at radius 3 is 0.750 bits per heavy atom. The Labute approximate surface area is 72.8 Å². The van der Waals surface area contributed by atoms with E-state index >= 15 is 0 Å². The van der Waals surface area contributed by atoms with Crippen LogP contribution in [0.1, 0.15) is 0 Å². The normalized spacial score (nSPS) is 0. The van der Waals surface area contributed by atoms with Gasteiger partial charge < -0.3 is 34.1 Å². The predicted molar refractivity (Wildman–Crippen MR) is 18.7 cm³/mol. The first-order valence-corrected chi connectivity index (χ1v) is 0. The molecule has 0 bridgehead atoms. The molecule has 0 rings (SSSR count). The van der Waals surface area contributed by atoms with Crippen molar-refractivity contribution in [2.45, 2.75) is 0 Å². The van der Waals surface area contributed by atoms with Gasteiger partial charge in [0, 0.05) is 0 Å². The molecule has 4 heteroatoms. The molecule has 0 aliphatic rings. The zero-order valence-electron chi connectivity index (χ0n) is 1.71. The Balaban J connectivity index is 0. The molecule has 4 heavy (non-hydrogen) atoms. The third kappa shape index (κ3) is 8.85. The van der Waals surface area contributed by atoms with Crippen molar-refractivity contribution in [1.29, 1.82) is 0 Å². The van der Waals surface area contributed by atoms with Crippen LogP contribution in [0.3, 0.4) is 0 Å². The summed E-state index contributed by atoms with van der Waals surface area (Å²) in [4.78, 5) is 0. The van der Waals surface area contributed by atoms with Crippen molar-refractivity contribution in [1.82, 2.24) is 0 Å². The zero-order chi connectivity index (χ0) is 0. The van der Waals surface area contributed by atoms with Crippen LogP contribution in [0.2, 0.25) is 0 Å². The van der Waals surface area contributed by atoms with E-state index in [4.69, 9.17) is 0 Å². The van der Waals surface area contributed by atoms with Gasteiger partial charge in [0.1, 0.15) is 0 Å². The Kier molecular flexibility index (Phi) is 155. The van der Waals surface area contributed by atoms with E-state index in [1.807, 2.05) is 0 Å². The quantitative estimate of drug-likeness (QED) is 0.479. The molecule has 0 heterocycles. The average Bonchev–Trinajstić information content (AvgIpc) is 0. The van der Waals surface area contributed by atoms with Gasteiger partial charge in [-0.15, -0.1) is 0 Å². The van der Waals surface area contributed by atoms with E-state index in [9.17, 15) is 0 Å². The first-order valence-electron chi connectivity index (χ1n) is 0. The molecule has 0 saturated carbocycles. The summed E-state index contributed by atoms with van der Waals surface area (Å²) in [5.41, 5.74) is 0. The van der Waals surface area contributed by atoms with Crippen molar-refractivity contribution < 1.29 is 22.4 Å². The van der Waals surface area contributed by atoms with Crippen LogP contribution in [0.15, 0.2) is 0 Å². The van der Waals surface area contributed by atoms with E-state index in [2.05, 4.69) is 0 Å². The summed E-state index contributed by atoms with van der Waals surface area (Å²) in [6, 6.07) is 0. The van der Waals surface area contributed by atoms with Gasteiger partial charge in [-0.05, 0) is 0 Å². The molecule has 0 fully saturated rings. The van der Waals surface area contributed by atoms with Gasteiger partial charge in [0.2, 0.25) is 0 Å². The molecule has 0 aromatic heterocycles. The summed E-state index contributed by atoms with van der Waals surface area (Å²) in [6.45, 7) is 0. The predicted octanol–water partition coefficient (Wildman–Crippen LogP) is -1.41. The van der Waals surface area contributed by atoms with Gasteiger partial charge in [0.05, 0.1) is 0 Å². The SMILES string of the molecule is [Nb+5].[Se-2].[Se-2].[SeH-]. The molecule has 0 aromatic rings. The Bertz CT molecular complexity index is 3.25. The first-order chi connectivity index (χ1) is 0. The molecule has 0 aliphatic heterocycles. The van der Waals surface area contributed by atoms with Gasteiger partial charge in [-0.3, -0.25) is 0 Å². The van der Waals surface area contributed by atoms with Crippen molar-refractivity contribution in [2.75, 3.05) is 0 Å². The number of rotatable bonds is 0. The molecule has 0 nitrogen and oxygen atoms in total. The molecule has 0 spiro atoms. The second-order valence-corrected chi connectivity index (χ2v) is 0. The topological polar surface area (TPSA) is 0 Å². The zero-order valence-corrected chi connectivity index (χ0v) is 9.21.